The lowest BCUT2D eigenvalue weighted by Gasteiger charge is -2.26. The van der Waals surface area contributed by atoms with Crippen LogP contribution in [-0.4, -0.2) is 31.4 Å². The predicted molar refractivity (Wildman–Crippen MR) is 120 cm³/mol. The Morgan fingerprint density at radius 1 is 0.900 bits per heavy atom. The molecule has 2 unspecified atom stereocenters. The van der Waals surface area contributed by atoms with Crippen LogP contribution in [-0.2, 0) is 4.57 Å². The van der Waals surface area contributed by atoms with Crippen molar-refractivity contribution in [2.45, 2.75) is 34.1 Å². The molecule has 2 rings (SSSR count). The lowest BCUT2D eigenvalue weighted by atomic mass is 9.86. The molecule has 162 valence electrons. The van der Waals surface area contributed by atoms with Gasteiger partial charge in [-0.25, -0.2) is 0 Å². The summed E-state index contributed by atoms with van der Waals surface area (Å²) < 4.78 is 24.9. The van der Waals surface area contributed by atoms with Crippen molar-refractivity contribution in [3.63, 3.8) is 0 Å². The standard InChI is InChI=1S/C24H31O5P/c1-17(15-24(2,3)4)16-30(27,22(25)18-11-8-7-9-12-18)23(26)21-19(28-5)13-10-14-20(21)29-6/h7-14,17H,15-16H2,1-6H3. The molecule has 0 aromatic heterocycles. The minimum absolute atomic E-state index is 0.00195. The quantitative estimate of drug-likeness (QED) is 0.448. The van der Waals surface area contributed by atoms with Gasteiger partial charge in [-0.2, -0.15) is 0 Å². The minimum atomic E-state index is -4.01. The topological polar surface area (TPSA) is 69.7 Å². The van der Waals surface area contributed by atoms with Gasteiger partial charge in [-0.3, -0.25) is 9.59 Å². The van der Waals surface area contributed by atoms with Crippen molar-refractivity contribution >= 4 is 18.2 Å². The largest absolute Gasteiger partial charge is 0.496 e. The summed E-state index contributed by atoms with van der Waals surface area (Å²) in [6.07, 6.45) is 0.730. The van der Waals surface area contributed by atoms with E-state index in [1.54, 1.807) is 48.5 Å². The van der Waals surface area contributed by atoms with Crippen LogP contribution in [0.5, 0.6) is 11.5 Å². The molecule has 0 saturated carbocycles. The summed E-state index contributed by atoms with van der Waals surface area (Å²) in [4.78, 5) is 27.1. The van der Waals surface area contributed by atoms with E-state index in [0.29, 0.717) is 0 Å². The van der Waals surface area contributed by atoms with Crippen molar-refractivity contribution in [3.8, 4) is 11.5 Å². The molecule has 0 amide bonds. The summed E-state index contributed by atoms with van der Waals surface area (Å²) in [5.74, 6) is 0.390. The van der Waals surface area contributed by atoms with Crippen LogP contribution in [0.15, 0.2) is 48.5 Å². The van der Waals surface area contributed by atoms with E-state index in [4.69, 9.17) is 9.47 Å². The minimum Gasteiger partial charge on any atom is -0.496 e. The van der Waals surface area contributed by atoms with Crippen LogP contribution in [0.3, 0.4) is 0 Å². The second-order valence-electron chi connectivity index (χ2n) is 8.81. The lowest BCUT2D eigenvalue weighted by Crippen LogP contribution is -2.21. The van der Waals surface area contributed by atoms with Gasteiger partial charge in [0.25, 0.3) is 0 Å². The van der Waals surface area contributed by atoms with Gasteiger partial charge in [-0.15, -0.1) is 0 Å². The summed E-state index contributed by atoms with van der Waals surface area (Å²) in [6, 6.07) is 13.2. The summed E-state index contributed by atoms with van der Waals surface area (Å²) >= 11 is 0. The number of carbonyl (C=O) groups excluding carboxylic acids is 2. The Hall–Kier alpha value is -2.39. The fourth-order valence-corrected chi connectivity index (χ4v) is 6.51. The normalized spacial score (nSPS) is 14.5. The van der Waals surface area contributed by atoms with E-state index in [-0.39, 0.29) is 40.1 Å². The molecule has 2 atom stereocenters. The summed E-state index contributed by atoms with van der Waals surface area (Å²) in [7, 11) is -1.15. The number of methoxy groups -OCH3 is 2. The molecule has 2 aromatic rings. The van der Waals surface area contributed by atoms with Gasteiger partial charge < -0.3 is 14.0 Å². The summed E-state index contributed by atoms with van der Waals surface area (Å²) in [5, 5.41) is 0. The van der Waals surface area contributed by atoms with Crippen LogP contribution in [0.25, 0.3) is 0 Å². The fourth-order valence-electron chi connectivity index (χ4n) is 3.84. The van der Waals surface area contributed by atoms with E-state index in [1.165, 1.54) is 14.2 Å². The van der Waals surface area contributed by atoms with Gasteiger partial charge in [-0.05, 0) is 29.9 Å². The first-order valence-corrected chi connectivity index (χ1v) is 11.9. The van der Waals surface area contributed by atoms with Crippen LogP contribution >= 0.6 is 7.14 Å². The van der Waals surface area contributed by atoms with Gasteiger partial charge in [0.1, 0.15) is 17.1 Å². The molecule has 0 bridgehead atoms. The van der Waals surface area contributed by atoms with Gasteiger partial charge in [0, 0.05) is 11.7 Å². The maximum atomic E-state index is 14.2. The van der Waals surface area contributed by atoms with E-state index < -0.39 is 18.2 Å². The third kappa shape index (κ3) is 5.40. The fraction of sp³-hybridized carbons (Fsp3) is 0.417. The van der Waals surface area contributed by atoms with E-state index in [9.17, 15) is 14.2 Å². The van der Waals surface area contributed by atoms with E-state index in [0.717, 1.165) is 6.42 Å². The van der Waals surface area contributed by atoms with Gasteiger partial charge >= 0.3 is 0 Å². The molecule has 0 aliphatic rings. The summed E-state index contributed by atoms with van der Waals surface area (Å²) in [6.45, 7) is 8.18. The highest BCUT2D eigenvalue weighted by molar-refractivity contribution is 7.95. The molecule has 0 heterocycles. The zero-order valence-corrected chi connectivity index (χ0v) is 19.5. The second-order valence-corrected chi connectivity index (χ2v) is 11.5. The van der Waals surface area contributed by atoms with E-state index in [1.807, 2.05) is 6.92 Å². The highest BCUT2D eigenvalue weighted by atomic mass is 31.2. The SMILES string of the molecule is COc1cccc(OC)c1C(=O)P(=O)(CC(C)CC(C)(C)C)C(=O)c1ccccc1. The third-order valence-electron chi connectivity index (χ3n) is 4.85. The number of hydrogen-bond donors (Lipinski definition) is 0. The second kappa shape index (κ2) is 9.61. The highest BCUT2D eigenvalue weighted by Gasteiger charge is 2.44. The Kier molecular flexibility index (Phi) is 7.65. The molecule has 0 aliphatic heterocycles. The molecular weight excluding hydrogens is 399 g/mol. The first-order valence-electron chi connectivity index (χ1n) is 9.98. The Bertz CT molecular complexity index is 922. The van der Waals surface area contributed by atoms with Crippen molar-refractivity contribution in [2.75, 3.05) is 20.4 Å². The van der Waals surface area contributed by atoms with Crippen molar-refractivity contribution in [2.24, 2.45) is 11.3 Å². The molecule has 5 nitrogen and oxygen atoms in total. The molecule has 6 heteroatoms. The zero-order chi connectivity index (χ0) is 22.5. The molecule has 0 spiro atoms. The number of rotatable bonds is 9. The van der Waals surface area contributed by atoms with Crippen molar-refractivity contribution < 1.29 is 23.6 Å². The van der Waals surface area contributed by atoms with Crippen LogP contribution in [0.2, 0.25) is 0 Å². The Morgan fingerprint density at radius 2 is 1.43 bits per heavy atom. The number of hydrogen-bond acceptors (Lipinski definition) is 5. The van der Waals surface area contributed by atoms with Crippen molar-refractivity contribution in [1.82, 2.24) is 0 Å². The molecule has 0 radical (unpaired) electrons. The molecular formula is C24H31O5P. The van der Waals surface area contributed by atoms with Gasteiger partial charge in [0.15, 0.2) is 0 Å². The van der Waals surface area contributed by atoms with Crippen LogP contribution in [0, 0.1) is 11.3 Å². The lowest BCUT2D eigenvalue weighted by molar-refractivity contribution is 0.103. The maximum Gasteiger partial charge on any atom is 0.236 e. The molecule has 30 heavy (non-hydrogen) atoms. The predicted octanol–water partition coefficient (Wildman–Crippen LogP) is 6.12. The molecule has 0 fully saturated rings. The first kappa shape index (κ1) is 23.9. The van der Waals surface area contributed by atoms with Gasteiger partial charge in [0.05, 0.1) is 14.2 Å². The van der Waals surface area contributed by atoms with Crippen molar-refractivity contribution in [3.05, 3.63) is 59.7 Å². The van der Waals surface area contributed by atoms with Gasteiger partial charge in [0.2, 0.25) is 18.2 Å². The number of benzene rings is 2. The smallest absolute Gasteiger partial charge is 0.236 e. The molecule has 0 aliphatic carbocycles. The Morgan fingerprint density at radius 3 is 1.90 bits per heavy atom. The van der Waals surface area contributed by atoms with Crippen LogP contribution in [0.4, 0.5) is 0 Å². The number of ether oxygens (including phenoxy) is 2. The average Bonchev–Trinajstić information content (AvgIpc) is 2.70. The highest BCUT2D eigenvalue weighted by Crippen LogP contribution is 2.56. The zero-order valence-electron chi connectivity index (χ0n) is 18.6. The van der Waals surface area contributed by atoms with Crippen molar-refractivity contribution in [1.29, 1.82) is 0 Å². The van der Waals surface area contributed by atoms with E-state index in [2.05, 4.69) is 20.8 Å². The Balaban J connectivity index is 2.60. The van der Waals surface area contributed by atoms with E-state index >= 15 is 0 Å². The maximum absolute atomic E-state index is 14.2. The van der Waals surface area contributed by atoms with Crippen LogP contribution in [0.1, 0.15) is 54.8 Å². The third-order valence-corrected chi connectivity index (χ3v) is 7.78. The molecule has 0 saturated heterocycles. The number of carbonyl (C=O) groups is 2. The Labute approximate surface area is 179 Å². The molecule has 0 N–H and O–H groups in total. The average molecular weight is 430 g/mol. The van der Waals surface area contributed by atoms with Gasteiger partial charge in [-0.1, -0.05) is 64.1 Å². The molecule has 2 aromatic carbocycles. The first-order chi connectivity index (χ1) is 14.0. The summed E-state index contributed by atoms with van der Waals surface area (Å²) in [5.41, 5.74) is -1.04. The monoisotopic (exact) mass is 430 g/mol. The van der Waals surface area contributed by atoms with Crippen LogP contribution < -0.4 is 9.47 Å².